The number of rotatable bonds is 3. The Labute approximate surface area is 105 Å². The van der Waals surface area contributed by atoms with Gasteiger partial charge in [-0.15, -0.1) is 0 Å². The molecule has 0 unspecified atom stereocenters. The molecule has 0 bridgehead atoms. The fraction of sp³-hybridized carbons (Fsp3) is 0.538. The molecule has 0 fully saturated rings. The zero-order valence-electron chi connectivity index (χ0n) is 11.8. The van der Waals surface area contributed by atoms with Crippen molar-refractivity contribution in [2.75, 3.05) is 27.7 Å². The average molecular weight is 240 g/mol. The molecule has 98 valence electrons. The van der Waals surface area contributed by atoms with Gasteiger partial charge < -0.3 is 9.80 Å². The van der Waals surface area contributed by atoms with E-state index in [9.17, 15) is 9.59 Å². The van der Waals surface area contributed by atoms with Gasteiger partial charge in [-0.25, -0.2) is 0 Å². The van der Waals surface area contributed by atoms with Gasteiger partial charge in [-0.3, -0.25) is 9.59 Å². The summed E-state index contributed by atoms with van der Waals surface area (Å²) in [7, 11) is 5.17. The summed E-state index contributed by atoms with van der Waals surface area (Å²) in [5.41, 5.74) is 1.18. The van der Waals surface area contributed by atoms with Crippen LogP contribution in [0.15, 0.2) is 24.3 Å². The molecule has 0 saturated heterocycles. The molecule has 0 aliphatic carbocycles. The number of hydrogen-bond donors (Lipinski definition) is 0. The van der Waals surface area contributed by atoms with Crippen LogP contribution in [0.2, 0.25) is 0 Å². The first-order valence-electron chi connectivity index (χ1n) is 5.43. The standard InChI is InChI=1S/C7H13NO.C6H11NO/c1-5-8(4)7(9)6(2)3;1-5(2)6(8)7(3)4/h2,5H2,1,3-4H3;1H2,2-4H3. The predicted molar refractivity (Wildman–Crippen MR) is 71.6 cm³/mol. The van der Waals surface area contributed by atoms with E-state index in [1.54, 1.807) is 39.9 Å². The number of likely N-dealkylation sites (N-methyl/N-ethyl adjacent to an activating group) is 2. The molecule has 0 saturated carbocycles. The number of nitrogens with zero attached hydrogens (tertiary/aromatic N) is 2. The molecule has 0 aliphatic rings. The lowest BCUT2D eigenvalue weighted by Gasteiger charge is -2.13. The molecule has 0 heterocycles. The van der Waals surface area contributed by atoms with Crippen molar-refractivity contribution in [3.05, 3.63) is 24.3 Å². The summed E-state index contributed by atoms with van der Waals surface area (Å²) in [6.07, 6.45) is 0. The van der Waals surface area contributed by atoms with Gasteiger partial charge in [-0.1, -0.05) is 13.2 Å². The van der Waals surface area contributed by atoms with E-state index in [4.69, 9.17) is 0 Å². The Morgan fingerprint density at radius 1 is 0.941 bits per heavy atom. The van der Waals surface area contributed by atoms with Crippen LogP contribution in [0, 0.1) is 0 Å². The fourth-order valence-electron chi connectivity index (χ4n) is 0.851. The highest BCUT2D eigenvalue weighted by molar-refractivity contribution is 5.92. The van der Waals surface area contributed by atoms with Crippen molar-refractivity contribution in [1.29, 1.82) is 0 Å². The predicted octanol–water partition coefficient (Wildman–Crippen LogP) is 1.69. The lowest BCUT2D eigenvalue weighted by Crippen LogP contribution is -2.26. The zero-order valence-corrected chi connectivity index (χ0v) is 11.8. The van der Waals surface area contributed by atoms with Crippen LogP contribution in [0.25, 0.3) is 0 Å². The lowest BCUT2D eigenvalue weighted by molar-refractivity contribution is -0.126. The Morgan fingerprint density at radius 2 is 1.29 bits per heavy atom. The summed E-state index contributed by atoms with van der Waals surface area (Å²) >= 11 is 0. The molecular formula is C13H24N2O2. The Kier molecular flexibility index (Phi) is 8.96. The Balaban J connectivity index is 0. The Hall–Kier alpha value is -1.58. The molecule has 17 heavy (non-hydrogen) atoms. The van der Waals surface area contributed by atoms with Gasteiger partial charge in [0, 0.05) is 38.8 Å². The second kappa shape index (κ2) is 8.56. The minimum Gasteiger partial charge on any atom is -0.345 e. The van der Waals surface area contributed by atoms with E-state index in [0.29, 0.717) is 11.1 Å². The van der Waals surface area contributed by atoms with Crippen LogP contribution in [0.5, 0.6) is 0 Å². The van der Waals surface area contributed by atoms with Gasteiger partial charge in [-0.2, -0.15) is 0 Å². The highest BCUT2D eigenvalue weighted by Crippen LogP contribution is 1.93. The minimum atomic E-state index is -0.00926. The summed E-state index contributed by atoms with van der Waals surface area (Å²) in [4.78, 5) is 24.7. The largest absolute Gasteiger partial charge is 0.345 e. The normalized spacial score (nSPS) is 8.59. The summed E-state index contributed by atoms with van der Waals surface area (Å²) in [6.45, 7) is 13.1. The van der Waals surface area contributed by atoms with Gasteiger partial charge in [0.05, 0.1) is 0 Å². The maximum Gasteiger partial charge on any atom is 0.248 e. The number of carbonyl (C=O) groups is 2. The van der Waals surface area contributed by atoms with E-state index in [1.807, 2.05) is 6.92 Å². The molecule has 2 amide bonds. The molecule has 0 atom stereocenters. The topological polar surface area (TPSA) is 40.6 Å². The van der Waals surface area contributed by atoms with Gasteiger partial charge in [0.1, 0.15) is 0 Å². The zero-order chi connectivity index (χ0) is 14.2. The van der Waals surface area contributed by atoms with E-state index in [0.717, 1.165) is 6.54 Å². The average Bonchev–Trinajstić information content (AvgIpc) is 2.26. The quantitative estimate of drug-likeness (QED) is 0.704. The van der Waals surface area contributed by atoms with E-state index < -0.39 is 0 Å². The molecule has 0 aromatic heterocycles. The molecule has 0 rings (SSSR count). The molecule has 0 aliphatic heterocycles. The molecule has 0 radical (unpaired) electrons. The number of carbonyl (C=O) groups excluding carboxylic acids is 2. The summed E-state index contributed by atoms with van der Waals surface area (Å²) in [5, 5.41) is 0. The highest BCUT2D eigenvalue weighted by atomic mass is 16.2. The third-order valence-electron chi connectivity index (χ3n) is 1.96. The second-order valence-electron chi connectivity index (χ2n) is 4.08. The minimum absolute atomic E-state index is 0.00926. The lowest BCUT2D eigenvalue weighted by atomic mass is 10.3. The van der Waals surface area contributed by atoms with E-state index in [-0.39, 0.29) is 11.8 Å². The van der Waals surface area contributed by atoms with Crippen LogP contribution in [-0.4, -0.2) is 49.3 Å². The summed E-state index contributed by atoms with van der Waals surface area (Å²) in [5.74, 6) is 0.0162. The van der Waals surface area contributed by atoms with Gasteiger partial charge in [-0.05, 0) is 20.8 Å². The summed E-state index contributed by atoms with van der Waals surface area (Å²) in [6, 6.07) is 0. The molecule has 4 heteroatoms. The molecule has 4 nitrogen and oxygen atoms in total. The first kappa shape index (κ1) is 17.8. The van der Waals surface area contributed by atoms with Crippen molar-refractivity contribution in [3.63, 3.8) is 0 Å². The van der Waals surface area contributed by atoms with Crippen LogP contribution in [0.1, 0.15) is 20.8 Å². The maximum absolute atomic E-state index is 10.9. The molecular weight excluding hydrogens is 216 g/mol. The third-order valence-corrected chi connectivity index (χ3v) is 1.96. The van der Waals surface area contributed by atoms with Crippen molar-refractivity contribution >= 4 is 11.8 Å². The van der Waals surface area contributed by atoms with Crippen LogP contribution in [0.3, 0.4) is 0 Å². The Morgan fingerprint density at radius 3 is 1.35 bits per heavy atom. The van der Waals surface area contributed by atoms with Crippen molar-refractivity contribution in [2.45, 2.75) is 20.8 Å². The smallest absolute Gasteiger partial charge is 0.248 e. The van der Waals surface area contributed by atoms with E-state index >= 15 is 0 Å². The highest BCUT2D eigenvalue weighted by Gasteiger charge is 2.04. The molecule has 0 aromatic rings. The first-order chi connectivity index (χ1) is 7.64. The first-order valence-corrected chi connectivity index (χ1v) is 5.43. The maximum atomic E-state index is 10.9. The molecule has 0 spiro atoms. The van der Waals surface area contributed by atoms with Gasteiger partial charge in [0.2, 0.25) is 11.8 Å². The van der Waals surface area contributed by atoms with Crippen molar-refractivity contribution in [1.82, 2.24) is 9.80 Å². The molecule has 0 aromatic carbocycles. The van der Waals surface area contributed by atoms with Gasteiger partial charge in [0.25, 0.3) is 0 Å². The monoisotopic (exact) mass is 240 g/mol. The van der Waals surface area contributed by atoms with Crippen molar-refractivity contribution in [3.8, 4) is 0 Å². The summed E-state index contributed by atoms with van der Waals surface area (Å²) < 4.78 is 0. The van der Waals surface area contributed by atoms with Crippen LogP contribution >= 0.6 is 0 Å². The van der Waals surface area contributed by atoms with Crippen LogP contribution in [0.4, 0.5) is 0 Å². The molecule has 0 N–H and O–H groups in total. The van der Waals surface area contributed by atoms with Crippen LogP contribution in [-0.2, 0) is 9.59 Å². The number of amides is 2. The van der Waals surface area contributed by atoms with Crippen LogP contribution < -0.4 is 0 Å². The fourth-order valence-corrected chi connectivity index (χ4v) is 0.851. The van der Waals surface area contributed by atoms with Crippen molar-refractivity contribution < 1.29 is 9.59 Å². The van der Waals surface area contributed by atoms with Crippen molar-refractivity contribution in [2.24, 2.45) is 0 Å². The second-order valence-corrected chi connectivity index (χ2v) is 4.08. The van der Waals surface area contributed by atoms with Gasteiger partial charge >= 0.3 is 0 Å². The van der Waals surface area contributed by atoms with E-state index in [2.05, 4.69) is 13.2 Å². The number of hydrogen-bond acceptors (Lipinski definition) is 2. The SMILES string of the molecule is C=C(C)C(=O)N(C)C.C=C(C)C(=O)N(C)CC. The van der Waals surface area contributed by atoms with Gasteiger partial charge in [0.15, 0.2) is 0 Å². The third kappa shape index (κ3) is 8.25. The van der Waals surface area contributed by atoms with E-state index in [1.165, 1.54) is 4.90 Å². The Bertz CT molecular complexity index is 307.